The summed E-state index contributed by atoms with van der Waals surface area (Å²) in [7, 11) is 8.68. The lowest BCUT2D eigenvalue weighted by molar-refractivity contribution is 0.264. The third kappa shape index (κ3) is 11.8. The van der Waals surface area contributed by atoms with Crippen LogP contribution in [0.3, 0.4) is 0 Å². The summed E-state index contributed by atoms with van der Waals surface area (Å²) >= 11 is 6.99. The Kier molecular flexibility index (Phi) is 16.3. The SMILES string of the molecule is C[C@H]1CN(c2ccc3c(c2)Cn2c(cc(-c4ccc(C#N)cc4)c2Cl)-c2nncn2-3)C[C@@H]1N(C)C.C[C@H]1CN(c2ccc3c(c2)Cn2cc(-c4ccc(F)cc4)cc2-c2nccn2-3)C[C@H]1N(C)C.N#Cc1ccc(-c2cc3n(c2)Cc2cc(CC4CC(N)C4)ccc2-n2cnnc2-3)cc1. The van der Waals surface area contributed by atoms with Gasteiger partial charge in [0.25, 0.3) is 0 Å². The van der Waals surface area contributed by atoms with E-state index in [0.717, 1.165) is 138 Å². The molecular formula is C79H76ClFN18. The maximum Gasteiger partial charge on any atom is 0.185 e. The van der Waals surface area contributed by atoms with Crippen LogP contribution in [-0.2, 0) is 26.1 Å². The minimum Gasteiger partial charge on any atom is -0.370 e. The molecule has 18 rings (SSSR count). The number of halogens is 2. The van der Waals surface area contributed by atoms with Crippen LogP contribution >= 0.6 is 11.6 Å². The van der Waals surface area contributed by atoms with Crippen molar-refractivity contribution in [1.82, 2.24) is 62.6 Å². The number of hydrogen-bond acceptors (Lipinski definition) is 12. The second-order valence-electron chi connectivity index (χ2n) is 28.1. The highest BCUT2D eigenvalue weighted by molar-refractivity contribution is 6.32. The maximum atomic E-state index is 13.4. The van der Waals surface area contributed by atoms with Crippen LogP contribution in [0.25, 0.3) is 85.0 Å². The summed E-state index contributed by atoms with van der Waals surface area (Å²) in [4.78, 5) is 14.3. The average Bonchev–Trinajstić information content (AvgIpc) is 1.53. The Labute approximate surface area is 580 Å². The molecule has 1 saturated carbocycles. The first-order chi connectivity index (χ1) is 48.1. The Morgan fingerprint density at radius 2 is 1.04 bits per heavy atom. The molecule has 0 spiro atoms. The van der Waals surface area contributed by atoms with Crippen LogP contribution in [-0.4, -0.2) is 135 Å². The molecule has 2 N–H and O–H groups in total. The number of nitrogens with two attached hydrogens (primary N) is 1. The van der Waals surface area contributed by atoms with Crippen molar-refractivity contribution >= 4 is 23.0 Å². The first-order valence-corrected chi connectivity index (χ1v) is 34.4. The third-order valence-electron chi connectivity index (χ3n) is 21.2. The zero-order chi connectivity index (χ0) is 67.9. The largest absolute Gasteiger partial charge is 0.370 e. The molecule has 0 bridgehead atoms. The topological polar surface area (TPSA) is 181 Å². The summed E-state index contributed by atoms with van der Waals surface area (Å²) in [5.74, 6) is 4.26. The van der Waals surface area contributed by atoms with Gasteiger partial charge in [-0.3, -0.25) is 13.7 Å². The van der Waals surface area contributed by atoms with Gasteiger partial charge in [-0.05, 0) is 201 Å². The van der Waals surface area contributed by atoms with Gasteiger partial charge >= 0.3 is 0 Å². The predicted molar refractivity (Wildman–Crippen MR) is 387 cm³/mol. The van der Waals surface area contributed by atoms with Crippen molar-refractivity contribution in [3.63, 3.8) is 0 Å². The summed E-state index contributed by atoms with van der Waals surface area (Å²) in [5.41, 5.74) is 27.4. The van der Waals surface area contributed by atoms with Gasteiger partial charge in [-0.1, -0.05) is 74.0 Å². The molecule has 5 aliphatic heterocycles. The fraction of sp³-hybridized carbons (Fsp3) is 0.278. The molecule has 0 unspecified atom stereocenters. The zero-order valence-electron chi connectivity index (χ0n) is 56.3. The number of rotatable bonds is 9. The van der Waals surface area contributed by atoms with Crippen molar-refractivity contribution < 1.29 is 4.39 Å². The molecule has 0 radical (unpaired) electrons. The number of anilines is 2. The Bertz CT molecular complexity index is 5100. The van der Waals surface area contributed by atoms with E-state index in [1.54, 1.807) is 12.7 Å². The van der Waals surface area contributed by atoms with Crippen molar-refractivity contribution in [1.29, 1.82) is 10.5 Å². The Morgan fingerprint density at radius 1 is 0.545 bits per heavy atom. The molecule has 12 aromatic rings. The lowest BCUT2D eigenvalue weighted by atomic mass is 9.77. The molecular weight excluding hydrogens is 1260 g/mol. The van der Waals surface area contributed by atoms with E-state index in [1.807, 2.05) is 77.6 Å². The highest BCUT2D eigenvalue weighted by Gasteiger charge is 2.35. The van der Waals surface area contributed by atoms with E-state index < -0.39 is 0 Å². The van der Waals surface area contributed by atoms with Gasteiger partial charge in [0.1, 0.15) is 23.6 Å². The quantitative estimate of drug-likeness (QED) is 0.145. The van der Waals surface area contributed by atoms with Gasteiger partial charge in [0.15, 0.2) is 17.5 Å². The van der Waals surface area contributed by atoms with Crippen LogP contribution in [0.15, 0.2) is 183 Å². The standard InChI is InChI=1S/C27H26ClN7.C27H28FN5.C25H22N6/c1-17-13-33(15-25(17)32(2)3)21-8-9-23-20(10-21)14-34-24(27-31-30-16-35(23)27)11-22(26(34)28)19-6-4-18(12-29)5-7-19;1-18-14-31(17-26(18)30(2)3)23-8-9-24-21(12-23)16-32-15-20(19-4-6-22(28)7-5-19)13-25(32)27-29-10-11-33(24)27;26-12-16-1-4-19(5-2-16)20-11-24-25-29-28-15-31(25)23-6-3-17(7-18-9-22(27)10-18)8-21(23)14-30(24)13-20/h4-11,16-17,25H,13-15H2,1-3H3;4-13,15,18,26H,14,16-17H2,1-3H3;1-6,8,11,13,15,18,22H,7,9-10,14,27H2/t17-,25-;18-,26+;/m00./s1. The third-order valence-corrected chi connectivity index (χ3v) is 21.6. The molecule has 99 heavy (non-hydrogen) atoms. The fourth-order valence-corrected chi connectivity index (χ4v) is 16.2. The molecule has 3 fully saturated rings. The maximum absolute atomic E-state index is 13.4. The second-order valence-corrected chi connectivity index (χ2v) is 28.4. The first kappa shape index (κ1) is 63.1. The van der Waals surface area contributed by atoms with E-state index in [9.17, 15) is 4.39 Å². The van der Waals surface area contributed by atoms with Gasteiger partial charge in [-0.25, -0.2) is 9.37 Å². The zero-order valence-corrected chi connectivity index (χ0v) is 57.0. The summed E-state index contributed by atoms with van der Waals surface area (Å²) in [6.45, 7) is 11.0. The first-order valence-electron chi connectivity index (χ1n) is 34.0. The van der Waals surface area contributed by atoms with E-state index in [1.165, 1.54) is 51.4 Å². The Morgan fingerprint density at radius 3 is 1.58 bits per heavy atom. The molecule has 2 saturated heterocycles. The van der Waals surface area contributed by atoms with Crippen molar-refractivity contribution in [2.45, 2.75) is 70.9 Å². The molecule has 20 heteroatoms. The van der Waals surface area contributed by atoms with Gasteiger partial charge in [0.05, 0.1) is 64.0 Å². The van der Waals surface area contributed by atoms with E-state index in [2.05, 4.69) is 207 Å². The minimum absolute atomic E-state index is 0.218. The number of imidazole rings is 1. The predicted octanol–water partition coefficient (Wildman–Crippen LogP) is 13.5. The number of benzene rings is 6. The van der Waals surface area contributed by atoms with Gasteiger partial charge in [0, 0.05) is 110 Å². The van der Waals surface area contributed by atoms with E-state index >= 15 is 0 Å². The smallest absolute Gasteiger partial charge is 0.185 e. The van der Waals surface area contributed by atoms with Crippen LogP contribution in [0.2, 0.25) is 5.15 Å². The van der Waals surface area contributed by atoms with Gasteiger partial charge in [0.2, 0.25) is 0 Å². The highest BCUT2D eigenvalue weighted by Crippen LogP contribution is 2.43. The number of likely N-dealkylation sites (N-methyl/N-ethyl adjacent to an activating group) is 2. The molecule has 11 heterocycles. The van der Waals surface area contributed by atoms with E-state index in [-0.39, 0.29) is 5.82 Å². The molecule has 6 aromatic heterocycles. The number of hydrogen-bond donors (Lipinski definition) is 1. The average molecular weight is 1330 g/mol. The van der Waals surface area contributed by atoms with E-state index in [4.69, 9.17) is 27.9 Å². The van der Waals surface area contributed by atoms with Crippen LogP contribution in [0.4, 0.5) is 15.8 Å². The molecule has 496 valence electrons. The van der Waals surface area contributed by atoms with Crippen LogP contribution in [0.1, 0.15) is 60.1 Å². The Balaban J connectivity index is 0.000000116. The normalized spacial score (nSPS) is 19.0. The van der Waals surface area contributed by atoms with E-state index in [0.29, 0.717) is 58.7 Å². The molecule has 18 nitrogen and oxygen atoms in total. The lowest BCUT2D eigenvalue weighted by Crippen LogP contribution is -2.37. The molecule has 6 aliphatic rings. The van der Waals surface area contributed by atoms with Crippen molar-refractivity contribution in [3.05, 3.63) is 227 Å². The van der Waals surface area contributed by atoms with Crippen LogP contribution in [0, 0.1) is 46.2 Å². The number of nitriles is 2. The monoisotopic (exact) mass is 1330 g/mol. The van der Waals surface area contributed by atoms with Gasteiger partial charge in [-0.15, -0.1) is 20.4 Å². The molecule has 4 atom stereocenters. The lowest BCUT2D eigenvalue weighted by Gasteiger charge is -2.32. The van der Waals surface area contributed by atoms with Gasteiger partial charge < -0.3 is 39.0 Å². The summed E-state index contributed by atoms with van der Waals surface area (Å²) < 4.78 is 26.4. The molecule has 1 aliphatic carbocycles. The van der Waals surface area contributed by atoms with Crippen LogP contribution < -0.4 is 15.5 Å². The highest BCUT2D eigenvalue weighted by atomic mass is 35.5. The van der Waals surface area contributed by atoms with Crippen molar-refractivity contribution in [2.75, 3.05) is 64.2 Å². The second kappa shape index (κ2) is 25.6. The summed E-state index contributed by atoms with van der Waals surface area (Å²) in [6.07, 6.45) is 15.1. The van der Waals surface area contributed by atoms with Gasteiger partial charge in [-0.2, -0.15) is 10.5 Å². The summed E-state index contributed by atoms with van der Waals surface area (Å²) in [5, 5.41) is 36.2. The molecule has 6 aromatic carbocycles. The number of nitrogens with zero attached hydrogens (tertiary/aromatic N) is 17. The van der Waals surface area contributed by atoms with Crippen molar-refractivity contribution in [2.24, 2.45) is 23.5 Å². The summed E-state index contributed by atoms with van der Waals surface area (Å²) in [6, 6.07) is 54.4. The number of fused-ring (bicyclic) bond motifs is 15. The Hall–Kier alpha value is -10.7. The van der Waals surface area contributed by atoms with Crippen LogP contribution in [0.5, 0.6) is 0 Å². The fourth-order valence-electron chi connectivity index (χ4n) is 15.9. The minimum atomic E-state index is -0.218. The van der Waals surface area contributed by atoms with Crippen molar-refractivity contribution in [3.8, 4) is 97.1 Å². The molecule has 0 amide bonds. The number of aromatic nitrogens is 11.